The first-order valence-electron chi connectivity index (χ1n) is 6.09. The number of nitrogens with one attached hydrogen (secondary N) is 1. The summed E-state index contributed by atoms with van der Waals surface area (Å²) in [5.74, 6) is 0.755. The fourth-order valence-electron chi connectivity index (χ4n) is 1.75. The van der Waals surface area contributed by atoms with E-state index in [1.54, 1.807) is 0 Å². The van der Waals surface area contributed by atoms with Crippen molar-refractivity contribution >= 4 is 27.8 Å². The highest BCUT2D eigenvalue weighted by atomic mass is 79.9. The Balaban J connectivity index is 1.86. The molecule has 2 aromatic rings. The van der Waals surface area contributed by atoms with E-state index >= 15 is 0 Å². The molecule has 6 heteroatoms. The largest absolute Gasteiger partial charge is 0.368 e. The van der Waals surface area contributed by atoms with Crippen molar-refractivity contribution in [1.29, 1.82) is 0 Å². The second-order valence-electron chi connectivity index (χ2n) is 4.38. The van der Waals surface area contributed by atoms with Gasteiger partial charge in [0.25, 0.3) is 0 Å². The summed E-state index contributed by atoms with van der Waals surface area (Å²) in [6.07, 6.45) is 3.39. The van der Waals surface area contributed by atoms with E-state index in [1.165, 1.54) is 11.9 Å². The van der Waals surface area contributed by atoms with Crippen molar-refractivity contribution in [2.75, 3.05) is 11.1 Å². The van der Waals surface area contributed by atoms with Crippen LogP contribution in [0.2, 0.25) is 0 Å². The molecule has 5 nitrogen and oxygen atoms in total. The van der Waals surface area contributed by atoms with Crippen LogP contribution in [-0.4, -0.2) is 21.0 Å². The maximum atomic E-state index is 5.51. The standard InChI is InChI=1S/C13H16BrN5/c1-9(18-13-17-8-16-12(15)19-13)5-6-10-3-2-4-11(14)7-10/h2-4,7-9H,5-6H2,1H3,(H3,15,16,17,18,19). The molecule has 1 atom stereocenters. The topological polar surface area (TPSA) is 76.7 Å². The van der Waals surface area contributed by atoms with Gasteiger partial charge >= 0.3 is 0 Å². The van der Waals surface area contributed by atoms with E-state index in [0.29, 0.717) is 5.95 Å². The molecule has 0 aliphatic rings. The second-order valence-corrected chi connectivity index (χ2v) is 5.30. The molecule has 0 spiro atoms. The van der Waals surface area contributed by atoms with Gasteiger partial charge in [-0.1, -0.05) is 28.1 Å². The minimum atomic E-state index is 0.233. The van der Waals surface area contributed by atoms with Crippen LogP contribution >= 0.6 is 15.9 Å². The molecule has 19 heavy (non-hydrogen) atoms. The number of hydrogen-bond donors (Lipinski definition) is 2. The van der Waals surface area contributed by atoms with E-state index in [1.807, 2.05) is 12.1 Å². The molecule has 1 unspecified atom stereocenters. The van der Waals surface area contributed by atoms with E-state index in [0.717, 1.165) is 17.3 Å². The number of rotatable bonds is 5. The maximum absolute atomic E-state index is 5.51. The van der Waals surface area contributed by atoms with Crippen molar-refractivity contribution < 1.29 is 0 Å². The number of aromatic nitrogens is 3. The van der Waals surface area contributed by atoms with Crippen molar-refractivity contribution in [2.45, 2.75) is 25.8 Å². The highest BCUT2D eigenvalue weighted by Crippen LogP contribution is 2.14. The van der Waals surface area contributed by atoms with Gasteiger partial charge in [-0.2, -0.15) is 4.98 Å². The number of anilines is 2. The zero-order valence-electron chi connectivity index (χ0n) is 10.7. The van der Waals surface area contributed by atoms with Crippen LogP contribution in [0, 0.1) is 0 Å². The lowest BCUT2D eigenvalue weighted by atomic mass is 10.1. The van der Waals surface area contributed by atoms with Crippen molar-refractivity contribution in [1.82, 2.24) is 15.0 Å². The van der Waals surface area contributed by atoms with E-state index in [9.17, 15) is 0 Å². The summed E-state index contributed by atoms with van der Waals surface area (Å²) in [5, 5.41) is 3.21. The number of aryl methyl sites for hydroxylation is 1. The molecule has 0 amide bonds. The Morgan fingerprint density at radius 1 is 1.37 bits per heavy atom. The normalized spacial score (nSPS) is 12.1. The number of benzene rings is 1. The van der Waals surface area contributed by atoms with Gasteiger partial charge in [-0.15, -0.1) is 0 Å². The molecule has 3 N–H and O–H groups in total. The van der Waals surface area contributed by atoms with E-state index in [4.69, 9.17) is 5.73 Å². The fraction of sp³-hybridized carbons (Fsp3) is 0.308. The molecule has 0 aliphatic carbocycles. The van der Waals surface area contributed by atoms with Crippen LogP contribution in [0.15, 0.2) is 35.1 Å². The minimum absolute atomic E-state index is 0.233. The first-order valence-corrected chi connectivity index (χ1v) is 6.88. The van der Waals surface area contributed by atoms with Gasteiger partial charge in [-0.05, 0) is 37.5 Å². The van der Waals surface area contributed by atoms with Gasteiger partial charge in [0.15, 0.2) is 0 Å². The Bertz CT molecular complexity index is 546. The Labute approximate surface area is 120 Å². The van der Waals surface area contributed by atoms with Crippen LogP contribution < -0.4 is 11.1 Å². The average molecular weight is 322 g/mol. The first-order chi connectivity index (χ1) is 9.13. The maximum Gasteiger partial charge on any atom is 0.227 e. The SMILES string of the molecule is CC(CCc1cccc(Br)c1)Nc1ncnc(N)n1. The predicted molar refractivity (Wildman–Crippen MR) is 79.8 cm³/mol. The molecule has 1 heterocycles. The molecule has 100 valence electrons. The monoisotopic (exact) mass is 321 g/mol. The number of nitrogen functional groups attached to an aromatic ring is 1. The molecule has 1 aromatic carbocycles. The molecular formula is C13H16BrN5. The van der Waals surface area contributed by atoms with Crippen LogP contribution in [0.4, 0.5) is 11.9 Å². The van der Waals surface area contributed by atoms with Gasteiger partial charge in [0, 0.05) is 10.5 Å². The Kier molecular flexibility index (Phi) is 4.68. The summed E-state index contributed by atoms with van der Waals surface area (Å²) in [7, 11) is 0. The van der Waals surface area contributed by atoms with E-state index in [2.05, 4.69) is 55.3 Å². The summed E-state index contributed by atoms with van der Waals surface area (Å²) >= 11 is 3.47. The minimum Gasteiger partial charge on any atom is -0.368 e. The predicted octanol–water partition coefficient (Wildman–Crippen LogP) is 2.65. The lowest BCUT2D eigenvalue weighted by molar-refractivity contribution is 0.698. The van der Waals surface area contributed by atoms with Crippen molar-refractivity contribution in [3.63, 3.8) is 0 Å². The lowest BCUT2D eigenvalue weighted by Crippen LogP contribution is -2.18. The molecule has 0 radical (unpaired) electrons. The fourth-order valence-corrected chi connectivity index (χ4v) is 2.19. The van der Waals surface area contributed by atoms with Gasteiger partial charge in [0.1, 0.15) is 6.33 Å². The van der Waals surface area contributed by atoms with Crippen LogP contribution in [0.5, 0.6) is 0 Å². The van der Waals surface area contributed by atoms with E-state index in [-0.39, 0.29) is 12.0 Å². The van der Waals surface area contributed by atoms with Crippen LogP contribution in [0.3, 0.4) is 0 Å². The summed E-state index contributed by atoms with van der Waals surface area (Å²) in [6.45, 7) is 2.10. The molecule has 0 aliphatic heterocycles. The quantitative estimate of drug-likeness (QED) is 0.885. The Morgan fingerprint density at radius 3 is 2.95 bits per heavy atom. The van der Waals surface area contributed by atoms with Crippen LogP contribution in [0.1, 0.15) is 18.9 Å². The number of halogens is 1. The van der Waals surface area contributed by atoms with Crippen LogP contribution in [-0.2, 0) is 6.42 Å². The molecule has 1 aromatic heterocycles. The molecule has 0 fully saturated rings. The molecule has 0 bridgehead atoms. The van der Waals surface area contributed by atoms with Crippen LogP contribution in [0.25, 0.3) is 0 Å². The zero-order chi connectivity index (χ0) is 13.7. The summed E-state index contributed by atoms with van der Waals surface area (Å²) < 4.78 is 1.11. The van der Waals surface area contributed by atoms with Gasteiger partial charge in [0.2, 0.25) is 11.9 Å². The van der Waals surface area contributed by atoms with Gasteiger partial charge in [-0.3, -0.25) is 0 Å². The summed E-state index contributed by atoms with van der Waals surface area (Å²) in [6, 6.07) is 8.59. The molecule has 0 saturated heterocycles. The van der Waals surface area contributed by atoms with Gasteiger partial charge in [-0.25, -0.2) is 9.97 Å². The average Bonchev–Trinajstić information content (AvgIpc) is 2.36. The number of nitrogens with two attached hydrogens (primary N) is 1. The highest BCUT2D eigenvalue weighted by Gasteiger charge is 2.05. The zero-order valence-corrected chi connectivity index (χ0v) is 12.3. The third-order valence-electron chi connectivity index (χ3n) is 2.72. The van der Waals surface area contributed by atoms with Gasteiger partial charge in [0.05, 0.1) is 0 Å². The smallest absolute Gasteiger partial charge is 0.227 e. The summed E-state index contributed by atoms with van der Waals surface area (Å²) in [4.78, 5) is 11.8. The molecular weight excluding hydrogens is 306 g/mol. The highest BCUT2D eigenvalue weighted by molar-refractivity contribution is 9.10. The number of hydrogen-bond acceptors (Lipinski definition) is 5. The molecule has 0 saturated carbocycles. The van der Waals surface area contributed by atoms with Crippen molar-refractivity contribution in [2.24, 2.45) is 0 Å². The van der Waals surface area contributed by atoms with Gasteiger partial charge < -0.3 is 11.1 Å². The summed E-state index contributed by atoms with van der Waals surface area (Å²) in [5.41, 5.74) is 6.81. The molecule has 2 rings (SSSR count). The second kappa shape index (κ2) is 6.47. The third-order valence-corrected chi connectivity index (χ3v) is 3.21. The number of nitrogens with zero attached hydrogens (tertiary/aromatic N) is 3. The third kappa shape index (κ3) is 4.48. The Morgan fingerprint density at radius 2 is 2.21 bits per heavy atom. The first kappa shape index (κ1) is 13.7. The Hall–Kier alpha value is -1.69. The van der Waals surface area contributed by atoms with Crippen molar-refractivity contribution in [3.05, 3.63) is 40.6 Å². The van der Waals surface area contributed by atoms with Crippen molar-refractivity contribution in [3.8, 4) is 0 Å². The lowest BCUT2D eigenvalue weighted by Gasteiger charge is -2.13. The van der Waals surface area contributed by atoms with E-state index < -0.39 is 0 Å².